The maximum atomic E-state index is 5.10. The molecule has 0 amide bonds. The number of H-pyrrole nitrogens is 1. The molecule has 0 saturated heterocycles. The van der Waals surface area contributed by atoms with E-state index in [0.29, 0.717) is 6.54 Å². The molecule has 26 heavy (non-hydrogen) atoms. The Hall–Kier alpha value is -2.38. The zero-order valence-electron chi connectivity index (χ0n) is 16.2. The number of likely N-dealkylation sites (N-methyl/N-ethyl adjacent to an activating group) is 1. The first-order valence-electron chi connectivity index (χ1n) is 8.82. The second kappa shape index (κ2) is 10.6. The van der Waals surface area contributed by atoms with Crippen LogP contribution in [0.4, 0.5) is 0 Å². The lowest BCUT2D eigenvalue weighted by molar-refractivity contribution is 0.162. The lowest BCUT2D eigenvalue weighted by Gasteiger charge is -2.22. The summed E-state index contributed by atoms with van der Waals surface area (Å²) in [6.45, 7) is 4.07. The summed E-state index contributed by atoms with van der Waals surface area (Å²) >= 11 is 0. The molecule has 0 aliphatic carbocycles. The Morgan fingerprint density at radius 3 is 2.69 bits per heavy atom. The van der Waals surface area contributed by atoms with Gasteiger partial charge >= 0.3 is 0 Å². The molecule has 0 atom stereocenters. The number of nitrogens with zero attached hydrogens (tertiary/aromatic N) is 4. The predicted molar refractivity (Wildman–Crippen MR) is 106 cm³/mol. The molecule has 0 aliphatic heterocycles. The van der Waals surface area contributed by atoms with E-state index in [-0.39, 0.29) is 0 Å². The Bertz CT molecular complexity index is 670. The van der Waals surface area contributed by atoms with Crippen molar-refractivity contribution in [2.24, 2.45) is 4.99 Å². The molecule has 142 valence electrons. The van der Waals surface area contributed by atoms with Crippen molar-refractivity contribution < 1.29 is 4.74 Å². The monoisotopic (exact) mass is 358 g/mol. The molecular weight excluding hydrogens is 328 g/mol. The standard InChI is InChI=1S/C19H30N6O/c1-20-19(21-10-11-24(2)12-13-26-4)25(3)15-18-22-14-17(23-18)16-8-6-5-7-9-16/h5-9,14H,10-13,15H2,1-4H3,(H,20,21)(H,22,23). The van der Waals surface area contributed by atoms with Crippen LogP contribution in [0.3, 0.4) is 0 Å². The Labute approximate surface area is 156 Å². The third-order valence-corrected chi connectivity index (χ3v) is 4.13. The van der Waals surface area contributed by atoms with Crippen LogP contribution in [0, 0.1) is 0 Å². The number of aliphatic imine (C=N–C) groups is 1. The van der Waals surface area contributed by atoms with Gasteiger partial charge in [-0.3, -0.25) is 4.99 Å². The summed E-state index contributed by atoms with van der Waals surface area (Å²) in [5.41, 5.74) is 2.16. The molecule has 7 nitrogen and oxygen atoms in total. The highest BCUT2D eigenvalue weighted by molar-refractivity contribution is 5.79. The van der Waals surface area contributed by atoms with Crippen molar-refractivity contribution in [2.75, 3.05) is 54.5 Å². The number of methoxy groups -OCH3 is 1. The van der Waals surface area contributed by atoms with Gasteiger partial charge in [-0.05, 0) is 12.6 Å². The van der Waals surface area contributed by atoms with Crippen LogP contribution < -0.4 is 5.32 Å². The van der Waals surface area contributed by atoms with Crippen LogP contribution >= 0.6 is 0 Å². The van der Waals surface area contributed by atoms with Crippen molar-refractivity contribution in [2.45, 2.75) is 6.54 Å². The van der Waals surface area contributed by atoms with E-state index >= 15 is 0 Å². The van der Waals surface area contributed by atoms with Crippen LogP contribution in [0.5, 0.6) is 0 Å². The lowest BCUT2D eigenvalue weighted by atomic mass is 10.2. The van der Waals surface area contributed by atoms with Gasteiger partial charge in [0.05, 0.1) is 25.0 Å². The van der Waals surface area contributed by atoms with E-state index in [0.717, 1.165) is 49.3 Å². The summed E-state index contributed by atoms with van der Waals surface area (Å²) in [6.07, 6.45) is 1.87. The van der Waals surface area contributed by atoms with E-state index in [2.05, 4.69) is 49.3 Å². The summed E-state index contributed by atoms with van der Waals surface area (Å²) in [5, 5.41) is 3.39. The van der Waals surface area contributed by atoms with Crippen molar-refractivity contribution in [3.05, 3.63) is 42.4 Å². The molecule has 0 bridgehead atoms. The molecule has 7 heteroatoms. The predicted octanol–water partition coefficient (Wildman–Crippen LogP) is 1.66. The van der Waals surface area contributed by atoms with Gasteiger partial charge in [0, 0.05) is 40.8 Å². The van der Waals surface area contributed by atoms with Gasteiger partial charge in [0.2, 0.25) is 0 Å². The van der Waals surface area contributed by atoms with Gasteiger partial charge in [0.25, 0.3) is 0 Å². The molecule has 2 N–H and O–H groups in total. The Morgan fingerprint density at radius 2 is 2.00 bits per heavy atom. The third-order valence-electron chi connectivity index (χ3n) is 4.13. The molecular formula is C19H30N6O. The third kappa shape index (κ3) is 6.16. The minimum absolute atomic E-state index is 0.659. The summed E-state index contributed by atoms with van der Waals surface area (Å²) in [4.78, 5) is 16.5. The van der Waals surface area contributed by atoms with Crippen LogP contribution in [0.15, 0.2) is 41.5 Å². The minimum Gasteiger partial charge on any atom is -0.383 e. The number of rotatable bonds is 9. The summed E-state index contributed by atoms with van der Waals surface area (Å²) < 4.78 is 5.10. The molecule has 0 fully saturated rings. The van der Waals surface area contributed by atoms with E-state index in [1.807, 2.05) is 31.4 Å². The molecule has 1 aromatic heterocycles. The van der Waals surface area contributed by atoms with Crippen molar-refractivity contribution >= 4 is 5.96 Å². The van der Waals surface area contributed by atoms with Crippen molar-refractivity contribution in [1.29, 1.82) is 0 Å². The average Bonchev–Trinajstić information content (AvgIpc) is 3.12. The smallest absolute Gasteiger partial charge is 0.193 e. The van der Waals surface area contributed by atoms with Gasteiger partial charge in [0.15, 0.2) is 5.96 Å². The van der Waals surface area contributed by atoms with Crippen molar-refractivity contribution in [1.82, 2.24) is 25.1 Å². The summed E-state index contributed by atoms with van der Waals surface area (Å²) in [5.74, 6) is 1.76. The topological polar surface area (TPSA) is 68.8 Å². The highest BCUT2D eigenvalue weighted by atomic mass is 16.5. The first-order valence-corrected chi connectivity index (χ1v) is 8.82. The van der Waals surface area contributed by atoms with E-state index in [4.69, 9.17) is 4.74 Å². The Balaban J connectivity index is 1.83. The number of nitrogens with one attached hydrogen (secondary N) is 2. The number of benzene rings is 1. The van der Waals surface area contributed by atoms with Crippen LogP contribution in [-0.2, 0) is 11.3 Å². The number of ether oxygens (including phenoxy) is 1. The fourth-order valence-corrected chi connectivity index (χ4v) is 2.61. The molecule has 0 unspecified atom stereocenters. The minimum atomic E-state index is 0.659. The van der Waals surface area contributed by atoms with Gasteiger partial charge in [-0.25, -0.2) is 4.98 Å². The Morgan fingerprint density at radius 1 is 1.23 bits per heavy atom. The number of hydrogen-bond donors (Lipinski definition) is 2. The molecule has 0 radical (unpaired) electrons. The van der Waals surface area contributed by atoms with Crippen molar-refractivity contribution in [3.8, 4) is 11.3 Å². The fourth-order valence-electron chi connectivity index (χ4n) is 2.61. The maximum Gasteiger partial charge on any atom is 0.193 e. The largest absolute Gasteiger partial charge is 0.383 e. The molecule has 0 spiro atoms. The van der Waals surface area contributed by atoms with Crippen LogP contribution in [0.1, 0.15) is 5.82 Å². The molecule has 2 aromatic rings. The van der Waals surface area contributed by atoms with Gasteiger partial charge in [-0.15, -0.1) is 0 Å². The van der Waals surface area contributed by atoms with Crippen LogP contribution in [0.25, 0.3) is 11.3 Å². The first kappa shape index (κ1) is 19.9. The summed E-state index contributed by atoms with van der Waals surface area (Å²) in [7, 11) is 7.61. The highest BCUT2D eigenvalue weighted by Gasteiger charge is 2.10. The molecule has 1 aromatic carbocycles. The zero-order chi connectivity index (χ0) is 18.8. The number of aromatic nitrogens is 2. The second-order valence-electron chi connectivity index (χ2n) is 6.24. The molecule has 0 saturated carbocycles. The second-order valence-corrected chi connectivity index (χ2v) is 6.24. The zero-order valence-corrected chi connectivity index (χ0v) is 16.2. The first-order chi connectivity index (χ1) is 12.6. The van der Waals surface area contributed by atoms with E-state index in [1.54, 1.807) is 14.2 Å². The number of hydrogen-bond acceptors (Lipinski definition) is 4. The highest BCUT2D eigenvalue weighted by Crippen LogP contribution is 2.16. The van der Waals surface area contributed by atoms with Gasteiger partial charge in [0.1, 0.15) is 5.82 Å². The van der Waals surface area contributed by atoms with Gasteiger partial charge < -0.3 is 24.8 Å². The van der Waals surface area contributed by atoms with E-state index in [1.165, 1.54) is 0 Å². The molecule has 1 heterocycles. The molecule has 0 aliphatic rings. The normalized spacial score (nSPS) is 11.8. The van der Waals surface area contributed by atoms with Gasteiger partial charge in [-0.2, -0.15) is 0 Å². The summed E-state index contributed by atoms with van der Waals surface area (Å²) in [6, 6.07) is 10.2. The van der Waals surface area contributed by atoms with E-state index < -0.39 is 0 Å². The number of imidazole rings is 1. The van der Waals surface area contributed by atoms with Crippen LogP contribution in [0.2, 0.25) is 0 Å². The van der Waals surface area contributed by atoms with E-state index in [9.17, 15) is 0 Å². The maximum absolute atomic E-state index is 5.10. The van der Waals surface area contributed by atoms with Crippen LogP contribution in [-0.4, -0.2) is 80.2 Å². The number of aromatic amines is 1. The van der Waals surface area contributed by atoms with Crippen molar-refractivity contribution in [3.63, 3.8) is 0 Å². The fraction of sp³-hybridized carbons (Fsp3) is 0.474. The number of guanidine groups is 1. The van der Waals surface area contributed by atoms with Gasteiger partial charge in [-0.1, -0.05) is 30.3 Å². The average molecular weight is 358 g/mol. The SMILES string of the molecule is CN=C(NCCN(C)CCOC)N(C)Cc1ncc(-c2ccccc2)[nH]1. The molecule has 2 rings (SSSR count). The quantitative estimate of drug-likeness (QED) is 0.527. The lowest BCUT2D eigenvalue weighted by Crippen LogP contribution is -2.42. The Kier molecular flexibility index (Phi) is 8.11.